The Morgan fingerprint density at radius 1 is 1.20 bits per heavy atom. The number of carbonyl (C=O) groups excluding carboxylic acids is 1. The quantitative estimate of drug-likeness (QED) is 0.814. The number of aliphatic hydroxyl groups is 1. The van der Waals surface area contributed by atoms with Crippen LogP contribution in [0.3, 0.4) is 0 Å². The maximum atomic E-state index is 13.3. The molecule has 2 radical (unpaired) electrons. The first-order valence-corrected chi connectivity index (χ1v) is 8.49. The topological polar surface area (TPSA) is 52.6 Å². The van der Waals surface area contributed by atoms with E-state index in [0.717, 1.165) is 16.8 Å². The number of likely N-dealkylation sites (N-methyl/N-ethyl adjacent to an activating group) is 1. The molecule has 1 heterocycles. The molecule has 2 N–H and O–H groups in total. The standard InChI is InChI=1S/C20H23BN2O2/c1-20(2)15-11-14(21)9-10-16(15)23(19(20)25)18(17(24)12-22-3)13-7-5-4-6-8-13/h4-11,17-18,22,24H,12H2,1-3H3/t17-,18+/m1/s1. The van der Waals surface area contributed by atoms with Crippen molar-refractivity contribution in [3.8, 4) is 0 Å². The molecule has 25 heavy (non-hydrogen) atoms. The molecule has 0 saturated carbocycles. The molecule has 128 valence electrons. The van der Waals surface area contributed by atoms with Crippen LogP contribution in [0.2, 0.25) is 0 Å². The van der Waals surface area contributed by atoms with Crippen molar-refractivity contribution in [2.24, 2.45) is 0 Å². The van der Waals surface area contributed by atoms with E-state index < -0.39 is 17.6 Å². The molecule has 2 atom stereocenters. The van der Waals surface area contributed by atoms with Gasteiger partial charge >= 0.3 is 0 Å². The molecule has 2 aromatic rings. The van der Waals surface area contributed by atoms with Gasteiger partial charge in [0.25, 0.3) is 0 Å². The molecule has 0 aliphatic carbocycles. The highest BCUT2D eigenvalue weighted by Gasteiger charge is 2.48. The fourth-order valence-electron chi connectivity index (χ4n) is 3.58. The Bertz CT molecular complexity index is 777. The lowest BCUT2D eigenvalue weighted by Gasteiger charge is -2.33. The van der Waals surface area contributed by atoms with E-state index in [9.17, 15) is 9.90 Å². The number of hydrogen-bond donors (Lipinski definition) is 2. The van der Waals surface area contributed by atoms with E-state index >= 15 is 0 Å². The predicted octanol–water partition coefficient (Wildman–Crippen LogP) is 1.43. The Balaban J connectivity index is 2.15. The first kappa shape index (κ1) is 17.7. The van der Waals surface area contributed by atoms with Gasteiger partial charge in [0.2, 0.25) is 5.91 Å². The molecule has 0 bridgehead atoms. The van der Waals surface area contributed by atoms with E-state index in [0.29, 0.717) is 12.0 Å². The summed E-state index contributed by atoms with van der Waals surface area (Å²) >= 11 is 0. The number of nitrogens with one attached hydrogen (secondary N) is 1. The SMILES string of the molecule is [B]c1ccc2c(c1)C(C)(C)C(=O)N2[C@@H](c1ccccc1)[C@H](O)CNC. The summed E-state index contributed by atoms with van der Waals surface area (Å²) in [6.45, 7) is 4.19. The van der Waals surface area contributed by atoms with Crippen LogP contribution in [0.5, 0.6) is 0 Å². The Kier molecular flexibility index (Phi) is 4.72. The van der Waals surface area contributed by atoms with Crippen molar-refractivity contribution in [2.75, 3.05) is 18.5 Å². The van der Waals surface area contributed by atoms with Gasteiger partial charge in [-0.15, -0.1) is 0 Å². The van der Waals surface area contributed by atoms with Crippen molar-refractivity contribution in [1.82, 2.24) is 5.32 Å². The average Bonchev–Trinajstić information content (AvgIpc) is 2.77. The smallest absolute Gasteiger partial charge is 0.237 e. The van der Waals surface area contributed by atoms with Gasteiger partial charge < -0.3 is 15.3 Å². The Morgan fingerprint density at radius 2 is 1.88 bits per heavy atom. The summed E-state index contributed by atoms with van der Waals surface area (Å²) in [4.78, 5) is 15.0. The highest BCUT2D eigenvalue weighted by Crippen LogP contribution is 2.45. The lowest BCUT2D eigenvalue weighted by molar-refractivity contribution is -0.123. The summed E-state index contributed by atoms with van der Waals surface area (Å²) in [7, 11) is 7.74. The average molecular weight is 334 g/mol. The van der Waals surface area contributed by atoms with Crippen LogP contribution in [0, 0.1) is 0 Å². The number of amides is 1. The molecule has 3 rings (SSSR count). The Hall–Kier alpha value is -2.11. The minimum atomic E-state index is -0.740. The number of hydrogen-bond acceptors (Lipinski definition) is 3. The van der Waals surface area contributed by atoms with Crippen molar-refractivity contribution in [1.29, 1.82) is 0 Å². The van der Waals surface area contributed by atoms with E-state index in [1.807, 2.05) is 56.3 Å². The van der Waals surface area contributed by atoms with Crippen LogP contribution in [0.15, 0.2) is 48.5 Å². The zero-order valence-electron chi connectivity index (χ0n) is 14.9. The summed E-state index contributed by atoms with van der Waals surface area (Å²) in [6, 6.07) is 14.7. The zero-order chi connectivity index (χ0) is 18.2. The number of nitrogens with zero attached hydrogens (tertiary/aromatic N) is 1. The fraction of sp³-hybridized carbons (Fsp3) is 0.350. The van der Waals surface area contributed by atoms with Crippen LogP contribution in [0.1, 0.15) is 31.0 Å². The second-order valence-electron chi connectivity index (χ2n) is 7.06. The number of aliphatic hydroxyl groups excluding tert-OH is 1. The third-order valence-electron chi connectivity index (χ3n) is 4.90. The summed E-state index contributed by atoms with van der Waals surface area (Å²) < 4.78 is 0. The minimum Gasteiger partial charge on any atom is -0.389 e. The van der Waals surface area contributed by atoms with Gasteiger partial charge in [0, 0.05) is 12.2 Å². The largest absolute Gasteiger partial charge is 0.389 e. The number of carbonyl (C=O) groups is 1. The van der Waals surface area contributed by atoms with E-state index in [1.54, 1.807) is 18.0 Å². The van der Waals surface area contributed by atoms with Crippen molar-refractivity contribution >= 4 is 24.9 Å². The Morgan fingerprint density at radius 3 is 2.52 bits per heavy atom. The second-order valence-corrected chi connectivity index (χ2v) is 7.06. The van der Waals surface area contributed by atoms with Crippen LogP contribution in [0.4, 0.5) is 5.69 Å². The lowest BCUT2D eigenvalue weighted by Crippen LogP contribution is -2.45. The van der Waals surface area contributed by atoms with Crippen molar-refractivity contribution in [2.45, 2.75) is 31.4 Å². The highest BCUT2D eigenvalue weighted by atomic mass is 16.3. The van der Waals surface area contributed by atoms with Crippen molar-refractivity contribution in [3.63, 3.8) is 0 Å². The van der Waals surface area contributed by atoms with E-state index in [4.69, 9.17) is 7.85 Å². The van der Waals surface area contributed by atoms with Gasteiger partial charge in [0.15, 0.2) is 0 Å². The van der Waals surface area contributed by atoms with Crippen LogP contribution >= 0.6 is 0 Å². The fourth-order valence-corrected chi connectivity index (χ4v) is 3.58. The third-order valence-corrected chi connectivity index (χ3v) is 4.90. The molecule has 2 aromatic carbocycles. The van der Waals surface area contributed by atoms with Crippen molar-refractivity contribution < 1.29 is 9.90 Å². The number of rotatable bonds is 5. The van der Waals surface area contributed by atoms with Crippen LogP contribution in [-0.4, -0.2) is 38.6 Å². The van der Waals surface area contributed by atoms with Gasteiger partial charge in [-0.05, 0) is 38.1 Å². The molecule has 0 unspecified atom stereocenters. The number of fused-ring (bicyclic) bond motifs is 1. The molecule has 1 amide bonds. The van der Waals surface area contributed by atoms with Gasteiger partial charge in [0.1, 0.15) is 7.85 Å². The Labute approximate surface area is 150 Å². The lowest BCUT2D eigenvalue weighted by atomic mass is 9.82. The molecule has 0 aromatic heterocycles. The van der Waals surface area contributed by atoms with Crippen LogP contribution in [0.25, 0.3) is 0 Å². The summed E-state index contributed by atoms with van der Waals surface area (Å²) in [5.41, 5.74) is 2.56. The van der Waals surface area contributed by atoms with Gasteiger partial charge in [-0.25, -0.2) is 0 Å². The van der Waals surface area contributed by atoms with E-state index in [2.05, 4.69) is 5.32 Å². The summed E-state index contributed by atoms with van der Waals surface area (Å²) in [6.07, 6.45) is -0.740. The molecule has 5 heteroatoms. The van der Waals surface area contributed by atoms with Gasteiger partial charge in [-0.2, -0.15) is 0 Å². The van der Waals surface area contributed by atoms with Gasteiger partial charge in [0.05, 0.1) is 17.6 Å². The van der Waals surface area contributed by atoms with E-state index in [-0.39, 0.29) is 5.91 Å². The maximum absolute atomic E-state index is 13.3. The molecular weight excluding hydrogens is 311 g/mol. The highest BCUT2D eigenvalue weighted by molar-refractivity contribution is 6.32. The summed E-state index contributed by atoms with van der Waals surface area (Å²) in [5, 5.41) is 13.8. The molecule has 4 nitrogen and oxygen atoms in total. The van der Waals surface area contributed by atoms with Gasteiger partial charge in [-0.1, -0.05) is 47.9 Å². The molecule has 1 aliphatic rings. The first-order chi connectivity index (χ1) is 11.9. The number of benzene rings is 2. The van der Waals surface area contributed by atoms with Crippen molar-refractivity contribution in [3.05, 3.63) is 59.7 Å². The second kappa shape index (κ2) is 6.66. The molecular formula is C20H23BN2O2. The van der Waals surface area contributed by atoms with Crippen LogP contribution in [-0.2, 0) is 10.2 Å². The molecule has 0 spiro atoms. The molecule has 1 aliphatic heterocycles. The first-order valence-electron chi connectivity index (χ1n) is 8.49. The zero-order valence-corrected chi connectivity index (χ0v) is 14.9. The maximum Gasteiger partial charge on any atom is 0.237 e. The minimum absolute atomic E-state index is 0.0305. The third kappa shape index (κ3) is 2.98. The van der Waals surface area contributed by atoms with Gasteiger partial charge in [-0.3, -0.25) is 4.79 Å². The monoisotopic (exact) mass is 334 g/mol. The van der Waals surface area contributed by atoms with E-state index in [1.165, 1.54) is 0 Å². The normalized spacial score (nSPS) is 18.1. The molecule has 0 fully saturated rings. The number of anilines is 1. The van der Waals surface area contributed by atoms with Crippen LogP contribution < -0.4 is 15.7 Å². The summed E-state index contributed by atoms with van der Waals surface area (Å²) in [5.74, 6) is -0.0305. The molecule has 0 saturated heterocycles. The predicted molar refractivity (Wildman–Crippen MR) is 101 cm³/mol.